The first-order valence-electron chi connectivity index (χ1n) is 9.04. The first-order chi connectivity index (χ1) is 11.7. The van der Waals surface area contributed by atoms with Gasteiger partial charge in [0.05, 0.1) is 0 Å². The average molecular weight is 320 g/mol. The first kappa shape index (κ1) is 16.6. The van der Waals surface area contributed by atoms with E-state index >= 15 is 0 Å². The van der Waals surface area contributed by atoms with Crippen LogP contribution in [0.2, 0.25) is 0 Å². The smallest absolute Gasteiger partial charge is 0.0367 e. The van der Waals surface area contributed by atoms with Crippen molar-refractivity contribution in [3.05, 3.63) is 71.8 Å². The molecule has 1 heterocycles. The Morgan fingerprint density at radius 3 is 2.46 bits per heavy atom. The highest BCUT2D eigenvalue weighted by atomic mass is 15.1. The van der Waals surface area contributed by atoms with E-state index in [0.717, 1.165) is 42.4 Å². The minimum absolute atomic E-state index is 0.781. The maximum Gasteiger partial charge on any atom is 0.0367 e. The molecule has 0 amide bonds. The molecular weight excluding hydrogens is 292 g/mol. The number of nitrogen functional groups attached to an aromatic ring is 1. The Balaban J connectivity index is 1.58. The maximum absolute atomic E-state index is 6.15. The van der Waals surface area contributed by atoms with Gasteiger partial charge in [-0.05, 0) is 54.4 Å². The molecule has 0 radical (unpaired) electrons. The van der Waals surface area contributed by atoms with Crippen LogP contribution in [0.3, 0.4) is 0 Å². The molecule has 1 aliphatic heterocycles. The fourth-order valence-corrected chi connectivity index (χ4v) is 3.63. The van der Waals surface area contributed by atoms with Gasteiger partial charge >= 0.3 is 0 Å². The lowest BCUT2D eigenvalue weighted by Gasteiger charge is -2.35. The van der Waals surface area contributed by atoms with E-state index in [-0.39, 0.29) is 0 Å². The monoisotopic (exact) mass is 320 g/mol. The van der Waals surface area contributed by atoms with Gasteiger partial charge in [-0.2, -0.15) is 0 Å². The second-order valence-electron chi connectivity index (χ2n) is 6.83. The zero-order valence-corrected chi connectivity index (χ0v) is 14.7. The SMILES string of the molecule is C=C(c1ccc(CC)c(N)c1)N1CCC(Cc2ccccc2)CC1. The number of anilines is 1. The third kappa shape index (κ3) is 3.81. The Bertz CT molecular complexity index is 682. The van der Waals surface area contributed by atoms with Crippen LogP contribution in [-0.2, 0) is 12.8 Å². The van der Waals surface area contributed by atoms with Crippen molar-refractivity contribution in [2.24, 2.45) is 5.92 Å². The third-order valence-corrected chi connectivity index (χ3v) is 5.22. The van der Waals surface area contributed by atoms with Gasteiger partial charge < -0.3 is 10.6 Å². The fraction of sp³-hybridized carbons (Fsp3) is 0.364. The molecule has 2 aromatic carbocycles. The molecule has 0 aromatic heterocycles. The van der Waals surface area contributed by atoms with E-state index in [2.05, 4.69) is 66.9 Å². The van der Waals surface area contributed by atoms with Crippen molar-refractivity contribution in [1.82, 2.24) is 4.90 Å². The summed E-state index contributed by atoms with van der Waals surface area (Å²) < 4.78 is 0. The van der Waals surface area contributed by atoms with Crippen LogP contribution in [0.1, 0.15) is 36.5 Å². The summed E-state index contributed by atoms with van der Waals surface area (Å²) in [6, 6.07) is 17.2. The number of aryl methyl sites for hydroxylation is 1. The molecule has 0 bridgehead atoms. The molecular formula is C22H28N2. The van der Waals surface area contributed by atoms with Crippen LogP contribution in [0.25, 0.3) is 5.70 Å². The van der Waals surface area contributed by atoms with Crippen LogP contribution < -0.4 is 5.73 Å². The summed E-state index contributed by atoms with van der Waals surface area (Å²) in [6.45, 7) is 8.64. The fourth-order valence-electron chi connectivity index (χ4n) is 3.63. The lowest BCUT2D eigenvalue weighted by atomic mass is 9.89. The van der Waals surface area contributed by atoms with E-state index in [9.17, 15) is 0 Å². The Kier molecular flexibility index (Phi) is 5.24. The second-order valence-corrected chi connectivity index (χ2v) is 6.83. The van der Waals surface area contributed by atoms with Crippen molar-refractivity contribution < 1.29 is 0 Å². The van der Waals surface area contributed by atoms with Gasteiger partial charge in [-0.1, -0.05) is 56.0 Å². The van der Waals surface area contributed by atoms with E-state index in [4.69, 9.17) is 5.73 Å². The molecule has 2 heteroatoms. The summed E-state index contributed by atoms with van der Waals surface area (Å²) in [4.78, 5) is 2.42. The number of rotatable bonds is 5. The largest absolute Gasteiger partial charge is 0.398 e. The van der Waals surface area contributed by atoms with Crippen molar-refractivity contribution >= 4 is 11.4 Å². The lowest BCUT2D eigenvalue weighted by Crippen LogP contribution is -2.32. The minimum Gasteiger partial charge on any atom is -0.398 e. The van der Waals surface area contributed by atoms with E-state index in [1.165, 1.54) is 30.4 Å². The third-order valence-electron chi connectivity index (χ3n) is 5.22. The predicted molar refractivity (Wildman–Crippen MR) is 104 cm³/mol. The van der Waals surface area contributed by atoms with E-state index in [0.29, 0.717) is 0 Å². The number of nitrogens with two attached hydrogens (primary N) is 1. The summed E-state index contributed by atoms with van der Waals surface area (Å²) in [5.74, 6) is 0.781. The molecule has 0 saturated carbocycles. The van der Waals surface area contributed by atoms with Gasteiger partial charge in [0.1, 0.15) is 0 Å². The molecule has 2 aromatic rings. The minimum atomic E-state index is 0.781. The normalized spacial score (nSPS) is 15.5. The van der Waals surface area contributed by atoms with Gasteiger partial charge in [-0.15, -0.1) is 0 Å². The number of piperidine rings is 1. The number of hydrogen-bond donors (Lipinski definition) is 1. The summed E-state index contributed by atoms with van der Waals surface area (Å²) in [5, 5.41) is 0. The highest BCUT2D eigenvalue weighted by Gasteiger charge is 2.21. The quantitative estimate of drug-likeness (QED) is 0.805. The standard InChI is InChI=1S/C22H28N2/c1-3-20-9-10-21(16-22(20)23)17(2)24-13-11-19(12-14-24)15-18-7-5-4-6-8-18/h4-10,16,19H,2-3,11-15,23H2,1H3. The molecule has 0 spiro atoms. The van der Waals surface area contributed by atoms with Gasteiger partial charge in [0, 0.05) is 24.5 Å². The molecule has 1 saturated heterocycles. The van der Waals surface area contributed by atoms with E-state index in [1.54, 1.807) is 0 Å². The molecule has 0 unspecified atom stereocenters. The molecule has 24 heavy (non-hydrogen) atoms. The zero-order chi connectivity index (χ0) is 16.9. The first-order valence-corrected chi connectivity index (χ1v) is 9.04. The van der Waals surface area contributed by atoms with Crippen LogP contribution in [0.15, 0.2) is 55.1 Å². The summed E-state index contributed by atoms with van der Waals surface area (Å²) >= 11 is 0. The molecule has 1 aliphatic rings. The second kappa shape index (κ2) is 7.57. The number of nitrogens with zero attached hydrogens (tertiary/aromatic N) is 1. The highest BCUT2D eigenvalue weighted by Crippen LogP contribution is 2.28. The molecule has 0 atom stereocenters. The van der Waals surface area contributed by atoms with Gasteiger partial charge in [-0.25, -0.2) is 0 Å². The Labute approximate surface area is 146 Å². The van der Waals surface area contributed by atoms with Crippen molar-refractivity contribution in [3.8, 4) is 0 Å². The molecule has 2 N–H and O–H groups in total. The molecule has 2 nitrogen and oxygen atoms in total. The van der Waals surface area contributed by atoms with Crippen molar-refractivity contribution in [3.63, 3.8) is 0 Å². The maximum atomic E-state index is 6.15. The summed E-state index contributed by atoms with van der Waals surface area (Å²) in [5.41, 5.74) is 12.0. The van der Waals surface area contributed by atoms with E-state index < -0.39 is 0 Å². The zero-order valence-electron chi connectivity index (χ0n) is 14.7. The summed E-state index contributed by atoms with van der Waals surface area (Å²) in [6.07, 6.45) is 4.63. The lowest BCUT2D eigenvalue weighted by molar-refractivity contribution is 0.254. The van der Waals surface area contributed by atoms with Crippen LogP contribution in [0.4, 0.5) is 5.69 Å². The van der Waals surface area contributed by atoms with Crippen LogP contribution in [0, 0.1) is 5.92 Å². The Hall–Kier alpha value is -2.22. The Morgan fingerprint density at radius 2 is 1.83 bits per heavy atom. The van der Waals surface area contributed by atoms with Crippen LogP contribution in [-0.4, -0.2) is 18.0 Å². The van der Waals surface area contributed by atoms with Crippen molar-refractivity contribution in [2.45, 2.75) is 32.6 Å². The highest BCUT2D eigenvalue weighted by molar-refractivity contribution is 5.67. The summed E-state index contributed by atoms with van der Waals surface area (Å²) in [7, 11) is 0. The number of likely N-dealkylation sites (tertiary alicyclic amines) is 1. The van der Waals surface area contributed by atoms with Crippen molar-refractivity contribution in [1.29, 1.82) is 0 Å². The van der Waals surface area contributed by atoms with Crippen LogP contribution in [0.5, 0.6) is 0 Å². The van der Waals surface area contributed by atoms with Gasteiger partial charge in [0.2, 0.25) is 0 Å². The van der Waals surface area contributed by atoms with Gasteiger partial charge in [-0.3, -0.25) is 0 Å². The van der Waals surface area contributed by atoms with E-state index in [1.807, 2.05) is 0 Å². The van der Waals surface area contributed by atoms with Gasteiger partial charge in [0.15, 0.2) is 0 Å². The Morgan fingerprint density at radius 1 is 1.12 bits per heavy atom. The number of hydrogen-bond acceptors (Lipinski definition) is 2. The predicted octanol–water partition coefficient (Wildman–Crippen LogP) is 4.76. The molecule has 126 valence electrons. The molecule has 0 aliphatic carbocycles. The topological polar surface area (TPSA) is 29.3 Å². The molecule has 3 rings (SSSR count). The van der Waals surface area contributed by atoms with Crippen LogP contribution >= 0.6 is 0 Å². The molecule has 1 fully saturated rings. The number of benzene rings is 2. The average Bonchev–Trinajstić information content (AvgIpc) is 2.62. The van der Waals surface area contributed by atoms with Gasteiger partial charge in [0.25, 0.3) is 0 Å². The van der Waals surface area contributed by atoms with Crippen molar-refractivity contribution in [2.75, 3.05) is 18.8 Å².